The van der Waals surface area contributed by atoms with E-state index in [0.29, 0.717) is 0 Å². The van der Waals surface area contributed by atoms with E-state index in [-0.39, 0.29) is 0 Å². The molecule has 0 saturated carbocycles. The molecular formula is C20H17ClN2. The fraction of sp³-hybridized carbons (Fsp3) is 0.100. The molecule has 114 valence electrons. The van der Waals surface area contributed by atoms with Gasteiger partial charge in [0, 0.05) is 23.8 Å². The van der Waals surface area contributed by atoms with Crippen LogP contribution >= 0.6 is 11.6 Å². The van der Waals surface area contributed by atoms with Gasteiger partial charge in [0.2, 0.25) is 0 Å². The number of nitrogens with zero attached hydrogens (tertiary/aromatic N) is 1. The molecular weight excluding hydrogens is 304 g/mol. The average molecular weight is 321 g/mol. The Labute approximate surface area is 141 Å². The lowest BCUT2D eigenvalue weighted by molar-refractivity contribution is 0.973. The molecule has 1 aliphatic heterocycles. The second-order valence-electron chi connectivity index (χ2n) is 5.71. The minimum Gasteiger partial charge on any atom is -0.379 e. The van der Waals surface area contributed by atoms with Gasteiger partial charge in [-0.2, -0.15) is 0 Å². The zero-order valence-electron chi connectivity index (χ0n) is 12.7. The van der Waals surface area contributed by atoms with Crippen molar-refractivity contribution >= 4 is 28.7 Å². The molecule has 1 heterocycles. The van der Waals surface area contributed by atoms with Gasteiger partial charge in [0.05, 0.1) is 11.4 Å². The van der Waals surface area contributed by atoms with Crippen LogP contribution in [0.3, 0.4) is 0 Å². The van der Waals surface area contributed by atoms with E-state index in [0.717, 1.165) is 23.8 Å². The summed E-state index contributed by atoms with van der Waals surface area (Å²) in [6.07, 6.45) is 0. The molecule has 1 N–H and O–H groups in total. The molecule has 1 aliphatic rings. The Morgan fingerprint density at radius 3 is 2.35 bits per heavy atom. The summed E-state index contributed by atoms with van der Waals surface area (Å²) in [5.74, 6) is 0. The van der Waals surface area contributed by atoms with Crippen LogP contribution in [0, 0.1) is 0 Å². The molecule has 23 heavy (non-hydrogen) atoms. The van der Waals surface area contributed by atoms with Crippen molar-refractivity contribution in [3.63, 3.8) is 0 Å². The summed E-state index contributed by atoms with van der Waals surface area (Å²) in [6.45, 7) is 1.65. The van der Waals surface area contributed by atoms with Crippen molar-refractivity contribution in [2.45, 2.75) is 13.1 Å². The van der Waals surface area contributed by atoms with Gasteiger partial charge < -0.3 is 10.2 Å². The maximum atomic E-state index is 6.02. The largest absolute Gasteiger partial charge is 0.379 e. The molecule has 3 heteroatoms. The summed E-state index contributed by atoms with van der Waals surface area (Å²) in [5, 5.41) is 4.31. The molecule has 0 radical (unpaired) electrons. The molecule has 2 nitrogen and oxygen atoms in total. The average Bonchev–Trinajstić information content (AvgIpc) is 2.75. The van der Waals surface area contributed by atoms with E-state index in [1.807, 2.05) is 12.1 Å². The number of nitrogens with one attached hydrogen (secondary N) is 1. The number of para-hydroxylation sites is 3. The third kappa shape index (κ3) is 2.78. The molecule has 0 unspecified atom stereocenters. The zero-order valence-corrected chi connectivity index (χ0v) is 13.4. The Bertz CT molecular complexity index is 780. The van der Waals surface area contributed by atoms with E-state index in [2.05, 4.69) is 70.9 Å². The minimum absolute atomic E-state index is 0.770. The maximum Gasteiger partial charge on any atom is 0.0649 e. The first-order valence-corrected chi connectivity index (χ1v) is 8.12. The van der Waals surface area contributed by atoms with Gasteiger partial charge in [0.1, 0.15) is 0 Å². The first kappa shape index (κ1) is 14.2. The van der Waals surface area contributed by atoms with Crippen molar-refractivity contribution in [1.82, 2.24) is 0 Å². The number of hydrogen-bond donors (Lipinski definition) is 1. The first-order valence-electron chi connectivity index (χ1n) is 7.74. The molecule has 0 aromatic heterocycles. The van der Waals surface area contributed by atoms with Crippen LogP contribution in [0.5, 0.6) is 0 Å². The van der Waals surface area contributed by atoms with E-state index in [4.69, 9.17) is 11.6 Å². The lowest BCUT2D eigenvalue weighted by atomic mass is 10.1. The van der Waals surface area contributed by atoms with Crippen LogP contribution in [0.1, 0.15) is 11.1 Å². The molecule has 0 fully saturated rings. The van der Waals surface area contributed by atoms with Crippen LogP contribution in [0.15, 0.2) is 72.8 Å². The fourth-order valence-corrected chi connectivity index (χ4v) is 3.17. The summed E-state index contributed by atoms with van der Waals surface area (Å²) in [5.41, 5.74) is 6.16. The summed E-state index contributed by atoms with van der Waals surface area (Å²) in [7, 11) is 0. The highest BCUT2D eigenvalue weighted by molar-refractivity contribution is 6.30. The lowest BCUT2D eigenvalue weighted by Crippen LogP contribution is -2.17. The van der Waals surface area contributed by atoms with Crippen molar-refractivity contribution in [3.05, 3.63) is 88.9 Å². The van der Waals surface area contributed by atoms with E-state index in [1.165, 1.54) is 22.5 Å². The topological polar surface area (TPSA) is 15.3 Å². The predicted molar refractivity (Wildman–Crippen MR) is 97.5 cm³/mol. The van der Waals surface area contributed by atoms with E-state index in [1.54, 1.807) is 0 Å². The number of anilines is 3. The number of fused-ring (bicyclic) bond motifs is 2. The molecule has 0 atom stereocenters. The van der Waals surface area contributed by atoms with E-state index in [9.17, 15) is 0 Å². The van der Waals surface area contributed by atoms with Crippen molar-refractivity contribution in [2.24, 2.45) is 0 Å². The molecule has 3 aromatic carbocycles. The third-order valence-electron chi connectivity index (χ3n) is 4.20. The Kier molecular flexibility index (Phi) is 3.68. The highest BCUT2D eigenvalue weighted by atomic mass is 35.5. The van der Waals surface area contributed by atoms with Crippen LogP contribution in [0.2, 0.25) is 5.02 Å². The predicted octanol–water partition coefficient (Wildman–Crippen LogP) is 5.60. The number of halogens is 1. The van der Waals surface area contributed by atoms with Crippen molar-refractivity contribution in [1.29, 1.82) is 0 Å². The smallest absolute Gasteiger partial charge is 0.0649 e. The number of rotatable bonds is 2. The monoisotopic (exact) mass is 320 g/mol. The number of benzene rings is 3. The zero-order chi connectivity index (χ0) is 15.6. The van der Waals surface area contributed by atoms with Crippen LogP contribution in [-0.2, 0) is 13.1 Å². The van der Waals surface area contributed by atoms with Crippen molar-refractivity contribution in [2.75, 3.05) is 10.2 Å². The molecule has 0 aliphatic carbocycles. The quantitative estimate of drug-likeness (QED) is 0.660. The minimum atomic E-state index is 0.770. The van der Waals surface area contributed by atoms with Gasteiger partial charge in [-0.15, -0.1) is 0 Å². The maximum absolute atomic E-state index is 6.02. The highest BCUT2D eigenvalue weighted by Crippen LogP contribution is 2.38. The van der Waals surface area contributed by atoms with Gasteiger partial charge in [0.25, 0.3) is 0 Å². The lowest BCUT2D eigenvalue weighted by Gasteiger charge is -2.26. The Hall–Kier alpha value is -2.45. The van der Waals surface area contributed by atoms with Crippen LogP contribution in [0.4, 0.5) is 17.1 Å². The second kappa shape index (κ2) is 5.98. The van der Waals surface area contributed by atoms with Crippen LogP contribution < -0.4 is 10.2 Å². The van der Waals surface area contributed by atoms with E-state index >= 15 is 0 Å². The summed E-state index contributed by atoms with van der Waals surface area (Å²) < 4.78 is 0. The van der Waals surface area contributed by atoms with Crippen molar-refractivity contribution in [3.8, 4) is 0 Å². The molecule has 0 spiro atoms. The standard InChI is InChI=1S/C20H17ClN2/c21-17-11-9-15(10-12-17)14-23-19-7-3-1-5-16(19)13-22-18-6-2-4-8-20(18)23/h1-12,22H,13-14H2. The normalized spacial score (nSPS) is 12.8. The third-order valence-corrected chi connectivity index (χ3v) is 4.45. The summed E-state index contributed by atoms with van der Waals surface area (Å²) in [4.78, 5) is 2.37. The fourth-order valence-electron chi connectivity index (χ4n) is 3.05. The van der Waals surface area contributed by atoms with Crippen LogP contribution in [0.25, 0.3) is 0 Å². The van der Waals surface area contributed by atoms with Gasteiger partial charge in [-0.05, 0) is 41.5 Å². The first-order chi connectivity index (χ1) is 11.3. The summed E-state index contributed by atoms with van der Waals surface area (Å²) in [6, 6.07) is 25.1. The van der Waals surface area contributed by atoms with Gasteiger partial charge >= 0.3 is 0 Å². The molecule has 0 bridgehead atoms. The molecule has 0 saturated heterocycles. The Balaban J connectivity index is 1.81. The Morgan fingerprint density at radius 2 is 1.52 bits per heavy atom. The highest BCUT2D eigenvalue weighted by Gasteiger charge is 2.19. The SMILES string of the molecule is Clc1ccc(CN2c3ccccc3CNc3ccccc32)cc1. The van der Waals surface area contributed by atoms with Gasteiger partial charge in [-0.3, -0.25) is 0 Å². The van der Waals surface area contributed by atoms with Crippen LogP contribution in [-0.4, -0.2) is 0 Å². The van der Waals surface area contributed by atoms with Gasteiger partial charge in [-0.25, -0.2) is 0 Å². The molecule has 4 rings (SSSR count). The Morgan fingerprint density at radius 1 is 0.826 bits per heavy atom. The molecule has 3 aromatic rings. The number of hydrogen-bond acceptors (Lipinski definition) is 2. The summed E-state index contributed by atoms with van der Waals surface area (Å²) >= 11 is 6.02. The van der Waals surface area contributed by atoms with Gasteiger partial charge in [-0.1, -0.05) is 54.1 Å². The van der Waals surface area contributed by atoms with Crippen molar-refractivity contribution < 1.29 is 0 Å². The second-order valence-corrected chi connectivity index (χ2v) is 6.15. The molecule has 0 amide bonds. The van der Waals surface area contributed by atoms with E-state index < -0.39 is 0 Å². The van der Waals surface area contributed by atoms with Gasteiger partial charge in [0.15, 0.2) is 0 Å².